The summed E-state index contributed by atoms with van der Waals surface area (Å²) < 4.78 is 24.7. The molecule has 1 unspecified atom stereocenters. The molecule has 0 aromatic heterocycles. The van der Waals surface area contributed by atoms with Crippen molar-refractivity contribution in [3.8, 4) is 0 Å². The smallest absolute Gasteiger partial charge is 0.245 e. The number of carbonyl (C=O) groups excluding carboxylic acids is 1. The second-order valence-corrected chi connectivity index (χ2v) is 6.49. The highest BCUT2D eigenvalue weighted by atomic mass is 32.2. The van der Waals surface area contributed by atoms with Crippen molar-refractivity contribution < 1.29 is 13.2 Å². The third-order valence-corrected chi connectivity index (χ3v) is 5.33. The standard InChI is InChI=1S/C13H15NO3S/c1-2-13(15)14-9-8-12(10-14)18(16,17)11-6-4-3-5-7-11/h2-7,12H,1,8-10H2. The van der Waals surface area contributed by atoms with Gasteiger partial charge in [0, 0.05) is 13.1 Å². The first-order valence-corrected chi connectivity index (χ1v) is 7.30. The summed E-state index contributed by atoms with van der Waals surface area (Å²) in [6.45, 7) is 4.14. The van der Waals surface area contributed by atoms with Gasteiger partial charge in [-0.2, -0.15) is 0 Å². The van der Waals surface area contributed by atoms with Crippen LogP contribution in [-0.2, 0) is 14.6 Å². The van der Waals surface area contributed by atoms with Gasteiger partial charge in [-0.3, -0.25) is 4.79 Å². The fourth-order valence-electron chi connectivity index (χ4n) is 2.11. The van der Waals surface area contributed by atoms with Crippen molar-refractivity contribution in [3.05, 3.63) is 43.0 Å². The molecule has 4 nitrogen and oxygen atoms in total. The van der Waals surface area contributed by atoms with Crippen LogP contribution in [0.5, 0.6) is 0 Å². The molecule has 1 saturated heterocycles. The molecule has 0 bridgehead atoms. The summed E-state index contributed by atoms with van der Waals surface area (Å²) in [6.07, 6.45) is 1.70. The molecule has 0 spiro atoms. The van der Waals surface area contributed by atoms with Crippen molar-refractivity contribution in [2.75, 3.05) is 13.1 Å². The van der Waals surface area contributed by atoms with Crippen LogP contribution in [0.25, 0.3) is 0 Å². The monoisotopic (exact) mass is 265 g/mol. The Morgan fingerprint density at radius 2 is 2.00 bits per heavy atom. The second kappa shape index (κ2) is 4.94. The Kier molecular flexibility index (Phi) is 3.52. The number of amides is 1. The topological polar surface area (TPSA) is 54.5 Å². The molecule has 96 valence electrons. The van der Waals surface area contributed by atoms with Crippen LogP contribution >= 0.6 is 0 Å². The van der Waals surface area contributed by atoms with E-state index in [0.29, 0.717) is 17.9 Å². The molecule has 1 fully saturated rings. The SMILES string of the molecule is C=CC(=O)N1CCC(S(=O)(=O)c2ccccc2)C1. The predicted octanol–water partition coefficient (Wildman–Crippen LogP) is 1.25. The van der Waals surface area contributed by atoms with Gasteiger partial charge >= 0.3 is 0 Å². The molecule has 1 aromatic rings. The van der Waals surface area contributed by atoms with Crippen LogP contribution in [-0.4, -0.2) is 37.6 Å². The fraction of sp³-hybridized carbons (Fsp3) is 0.308. The molecule has 1 aliphatic heterocycles. The van der Waals surface area contributed by atoms with Crippen LogP contribution < -0.4 is 0 Å². The normalized spacial score (nSPS) is 19.8. The van der Waals surface area contributed by atoms with Crippen LogP contribution in [0, 0.1) is 0 Å². The number of hydrogen-bond acceptors (Lipinski definition) is 3. The average molecular weight is 265 g/mol. The first-order chi connectivity index (χ1) is 8.55. The molecule has 2 rings (SSSR count). The Balaban J connectivity index is 2.19. The lowest BCUT2D eigenvalue weighted by Crippen LogP contribution is -2.30. The quantitative estimate of drug-likeness (QED) is 0.773. The zero-order valence-electron chi connectivity index (χ0n) is 9.95. The van der Waals surface area contributed by atoms with Gasteiger partial charge in [0.25, 0.3) is 0 Å². The van der Waals surface area contributed by atoms with Crippen molar-refractivity contribution in [2.24, 2.45) is 0 Å². The lowest BCUT2D eigenvalue weighted by atomic mass is 10.4. The van der Waals surface area contributed by atoms with E-state index in [0.717, 1.165) is 0 Å². The Morgan fingerprint density at radius 3 is 2.61 bits per heavy atom. The Bertz CT molecular complexity index is 551. The predicted molar refractivity (Wildman–Crippen MR) is 68.8 cm³/mol. The molecule has 0 radical (unpaired) electrons. The molecular weight excluding hydrogens is 250 g/mol. The average Bonchev–Trinajstić information content (AvgIpc) is 2.89. The van der Waals surface area contributed by atoms with Gasteiger partial charge in [0.05, 0.1) is 10.1 Å². The largest absolute Gasteiger partial charge is 0.338 e. The Morgan fingerprint density at radius 1 is 1.33 bits per heavy atom. The van der Waals surface area contributed by atoms with Gasteiger partial charge in [-0.25, -0.2) is 8.42 Å². The van der Waals surface area contributed by atoms with Gasteiger partial charge in [-0.1, -0.05) is 24.8 Å². The fourth-order valence-corrected chi connectivity index (χ4v) is 3.83. The van der Waals surface area contributed by atoms with Crippen LogP contribution in [0.1, 0.15) is 6.42 Å². The molecule has 0 N–H and O–H groups in total. The molecule has 0 saturated carbocycles. The van der Waals surface area contributed by atoms with Crippen LogP contribution in [0.4, 0.5) is 0 Å². The minimum absolute atomic E-state index is 0.208. The molecule has 0 aliphatic carbocycles. The minimum atomic E-state index is -3.34. The maximum absolute atomic E-state index is 12.3. The number of carbonyl (C=O) groups is 1. The number of rotatable bonds is 3. The summed E-state index contributed by atoms with van der Waals surface area (Å²) in [6, 6.07) is 8.37. The van der Waals surface area contributed by atoms with E-state index in [2.05, 4.69) is 6.58 Å². The summed E-state index contributed by atoms with van der Waals surface area (Å²) >= 11 is 0. The number of sulfone groups is 1. The third kappa shape index (κ3) is 2.31. The van der Waals surface area contributed by atoms with E-state index >= 15 is 0 Å². The minimum Gasteiger partial charge on any atom is -0.338 e. The van der Waals surface area contributed by atoms with Crippen molar-refractivity contribution in [1.29, 1.82) is 0 Å². The van der Waals surface area contributed by atoms with Crippen molar-refractivity contribution >= 4 is 15.7 Å². The van der Waals surface area contributed by atoms with Gasteiger partial charge in [0.15, 0.2) is 9.84 Å². The lowest BCUT2D eigenvalue weighted by molar-refractivity contribution is -0.124. The van der Waals surface area contributed by atoms with E-state index in [-0.39, 0.29) is 12.5 Å². The second-order valence-electron chi connectivity index (χ2n) is 4.26. The van der Waals surface area contributed by atoms with Crippen LogP contribution in [0.2, 0.25) is 0 Å². The number of benzene rings is 1. The Labute approximate surface area is 107 Å². The summed E-state index contributed by atoms with van der Waals surface area (Å²) in [5.74, 6) is -0.208. The molecule has 18 heavy (non-hydrogen) atoms. The summed E-state index contributed by atoms with van der Waals surface area (Å²) in [4.78, 5) is 13.3. The number of likely N-dealkylation sites (tertiary alicyclic amines) is 1. The van der Waals surface area contributed by atoms with Crippen molar-refractivity contribution in [2.45, 2.75) is 16.6 Å². The highest BCUT2D eigenvalue weighted by Crippen LogP contribution is 2.23. The van der Waals surface area contributed by atoms with Gasteiger partial charge in [-0.05, 0) is 24.6 Å². The van der Waals surface area contributed by atoms with E-state index in [1.807, 2.05) is 0 Å². The van der Waals surface area contributed by atoms with Gasteiger partial charge in [0.2, 0.25) is 5.91 Å². The van der Waals surface area contributed by atoms with Crippen LogP contribution in [0.3, 0.4) is 0 Å². The van der Waals surface area contributed by atoms with E-state index < -0.39 is 15.1 Å². The molecule has 5 heteroatoms. The van der Waals surface area contributed by atoms with Gasteiger partial charge in [-0.15, -0.1) is 0 Å². The first kappa shape index (κ1) is 12.8. The maximum Gasteiger partial charge on any atom is 0.245 e. The van der Waals surface area contributed by atoms with E-state index in [4.69, 9.17) is 0 Å². The maximum atomic E-state index is 12.3. The molecule has 1 atom stereocenters. The lowest BCUT2D eigenvalue weighted by Gasteiger charge is -2.14. The Hall–Kier alpha value is -1.62. The highest BCUT2D eigenvalue weighted by Gasteiger charge is 2.35. The van der Waals surface area contributed by atoms with Gasteiger partial charge in [0.1, 0.15) is 0 Å². The molecule has 1 heterocycles. The van der Waals surface area contributed by atoms with Crippen molar-refractivity contribution in [1.82, 2.24) is 4.90 Å². The van der Waals surface area contributed by atoms with Crippen molar-refractivity contribution in [3.63, 3.8) is 0 Å². The van der Waals surface area contributed by atoms with Crippen LogP contribution in [0.15, 0.2) is 47.9 Å². The summed E-state index contributed by atoms with van der Waals surface area (Å²) in [7, 11) is -3.34. The zero-order chi connectivity index (χ0) is 13.2. The van der Waals surface area contributed by atoms with E-state index in [1.54, 1.807) is 30.3 Å². The first-order valence-electron chi connectivity index (χ1n) is 5.76. The molecule has 1 aliphatic rings. The molecule has 1 aromatic carbocycles. The molecule has 1 amide bonds. The summed E-state index contributed by atoms with van der Waals surface area (Å²) in [5, 5.41) is -0.510. The number of hydrogen-bond donors (Lipinski definition) is 0. The molecular formula is C13H15NO3S. The third-order valence-electron chi connectivity index (χ3n) is 3.14. The van der Waals surface area contributed by atoms with E-state index in [9.17, 15) is 13.2 Å². The van der Waals surface area contributed by atoms with E-state index in [1.165, 1.54) is 11.0 Å². The van der Waals surface area contributed by atoms with Gasteiger partial charge < -0.3 is 4.90 Å². The number of nitrogens with zero attached hydrogens (tertiary/aromatic N) is 1. The zero-order valence-corrected chi connectivity index (χ0v) is 10.8. The summed E-state index contributed by atoms with van der Waals surface area (Å²) in [5.41, 5.74) is 0. The highest BCUT2D eigenvalue weighted by molar-refractivity contribution is 7.92.